The highest BCUT2D eigenvalue weighted by atomic mass is 16.5. The summed E-state index contributed by atoms with van der Waals surface area (Å²) in [6.07, 6.45) is 13.1. The maximum absolute atomic E-state index is 13.2. The van der Waals surface area contributed by atoms with Crippen molar-refractivity contribution < 1.29 is 14.0 Å². The summed E-state index contributed by atoms with van der Waals surface area (Å²) in [4.78, 5) is 15.3. The lowest BCUT2D eigenvalue weighted by Gasteiger charge is -2.32. The molecule has 1 aromatic rings. The summed E-state index contributed by atoms with van der Waals surface area (Å²) in [6, 6.07) is 6.53. The number of aryl methyl sites for hydroxylation is 1. The van der Waals surface area contributed by atoms with Gasteiger partial charge in [-0.3, -0.25) is 4.79 Å². The monoisotopic (exact) mass is 489 g/mol. The molecular formula is C31H57N2O2+. The molecule has 0 fully saturated rings. The predicted molar refractivity (Wildman–Crippen MR) is 151 cm³/mol. The van der Waals surface area contributed by atoms with Gasteiger partial charge in [-0.25, -0.2) is 0 Å². The van der Waals surface area contributed by atoms with E-state index in [2.05, 4.69) is 71.8 Å². The molecule has 0 aliphatic carbocycles. The number of amides is 1. The maximum atomic E-state index is 13.2. The molecule has 0 heterocycles. The van der Waals surface area contributed by atoms with E-state index in [4.69, 9.17) is 4.74 Å². The zero-order valence-electron chi connectivity index (χ0n) is 24.3. The van der Waals surface area contributed by atoms with Gasteiger partial charge in [0.1, 0.15) is 5.75 Å². The fraction of sp³-hybridized carbons (Fsp3) is 0.774. The third-order valence-electron chi connectivity index (χ3n) is 6.94. The number of carbonyl (C=O) groups excluding carboxylic acids is 1. The van der Waals surface area contributed by atoms with Crippen molar-refractivity contribution in [3.63, 3.8) is 0 Å². The van der Waals surface area contributed by atoms with Gasteiger partial charge in [0.05, 0.1) is 27.2 Å². The van der Waals surface area contributed by atoms with Crippen molar-refractivity contribution in [1.82, 2.24) is 4.90 Å². The standard InChI is InChI=1S/C31H57N2O2/c1-8-10-12-15-21-32(22-16-13-11-9-2)31(34)26-33(6,7)23-17-14-18-24-35-30-25-28(5)19-20-29(30)27(3)4/h19-20,25,27H,8-18,21-24,26H2,1-7H3/q+1. The first kappa shape index (κ1) is 31.5. The van der Waals surface area contributed by atoms with Gasteiger partial charge in [0, 0.05) is 13.1 Å². The molecule has 0 aromatic heterocycles. The molecular weight excluding hydrogens is 432 g/mol. The van der Waals surface area contributed by atoms with Crippen LogP contribution in [0.2, 0.25) is 0 Å². The van der Waals surface area contributed by atoms with Crippen LogP contribution in [0.15, 0.2) is 18.2 Å². The van der Waals surface area contributed by atoms with Crippen molar-refractivity contribution in [2.45, 2.75) is 111 Å². The van der Waals surface area contributed by atoms with Crippen LogP contribution in [0.5, 0.6) is 5.75 Å². The van der Waals surface area contributed by atoms with Crippen LogP contribution in [0.1, 0.15) is 115 Å². The van der Waals surface area contributed by atoms with Crippen LogP contribution < -0.4 is 4.74 Å². The summed E-state index contributed by atoms with van der Waals surface area (Å²) >= 11 is 0. The van der Waals surface area contributed by atoms with Gasteiger partial charge in [-0.2, -0.15) is 0 Å². The van der Waals surface area contributed by atoms with Crippen LogP contribution in [0.3, 0.4) is 0 Å². The first-order valence-electron chi connectivity index (χ1n) is 14.5. The molecule has 0 saturated carbocycles. The number of carbonyl (C=O) groups is 1. The average Bonchev–Trinajstić information content (AvgIpc) is 2.79. The summed E-state index contributed by atoms with van der Waals surface area (Å²) in [5, 5.41) is 0. The zero-order valence-corrected chi connectivity index (χ0v) is 24.3. The summed E-state index contributed by atoms with van der Waals surface area (Å²) in [5.74, 6) is 1.85. The number of hydrogen-bond donors (Lipinski definition) is 0. The Labute approximate surface area is 218 Å². The number of hydrogen-bond acceptors (Lipinski definition) is 2. The molecule has 202 valence electrons. The van der Waals surface area contributed by atoms with E-state index < -0.39 is 0 Å². The molecule has 4 heteroatoms. The molecule has 0 unspecified atom stereocenters. The smallest absolute Gasteiger partial charge is 0.277 e. The van der Waals surface area contributed by atoms with Crippen molar-refractivity contribution >= 4 is 5.91 Å². The quantitative estimate of drug-likeness (QED) is 0.138. The van der Waals surface area contributed by atoms with Crippen LogP contribution in [-0.2, 0) is 4.79 Å². The van der Waals surface area contributed by atoms with Crippen LogP contribution in [0.25, 0.3) is 0 Å². The van der Waals surface area contributed by atoms with E-state index in [-0.39, 0.29) is 0 Å². The van der Waals surface area contributed by atoms with Gasteiger partial charge >= 0.3 is 0 Å². The second-order valence-electron chi connectivity index (χ2n) is 11.4. The molecule has 1 amide bonds. The molecule has 35 heavy (non-hydrogen) atoms. The summed E-state index contributed by atoms with van der Waals surface area (Å²) in [7, 11) is 4.42. The van der Waals surface area contributed by atoms with Crippen LogP contribution in [-0.4, -0.2) is 62.2 Å². The van der Waals surface area contributed by atoms with Crippen molar-refractivity contribution in [3.8, 4) is 5.75 Å². The molecule has 0 aliphatic rings. The Bertz CT molecular complexity index is 687. The second-order valence-corrected chi connectivity index (χ2v) is 11.4. The number of ether oxygens (including phenoxy) is 1. The normalized spacial score (nSPS) is 11.8. The van der Waals surface area contributed by atoms with E-state index in [1.54, 1.807) is 0 Å². The molecule has 0 saturated heterocycles. The molecule has 0 spiro atoms. The zero-order chi connectivity index (χ0) is 26.1. The largest absolute Gasteiger partial charge is 0.493 e. The van der Waals surface area contributed by atoms with Crippen LogP contribution >= 0.6 is 0 Å². The fourth-order valence-electron chi connectivity index (χ4n) is 4.61. The highest BCUT2D eigenvalue weighted by molar-refractivity contribution is 5.77. The lowest BCUT2D eigenvalue weighted by Crippen LogP contribution is -2.49. The van der Waals surface area contributed by atoms with Gasteiger partial charge in [0.25, 0.3) is 5.91 Å². The van der Waals surface area contributed by atoms with Crippen molar-refractivity contribution in [1.29, 1.82) is 0 Å². The van der Waals surface area contributed by atoms with Gasteiger partial charge in [-0.1, -0.05) is 78.4 Å². The number of unbranched alkanes of at least 4 members (excludes halogenated alkanes) is 8. The third kappa shape index (κ3) is 13.9. The summed E-state index contributed by atoms with van der Waals surface area (Å²) in [6.45, 7) is 15.3. The first-order chi connectivity index (χ1) is 16.7. The molecule has 0 aliphatic heterocycles. The highest BCUT2D eigenvalue weighted by Crippen LogP contribution is 2.27. The Morgan fingerprint density at radius 1 is 0.886 bits per heavy atom. The minimum atomic E-state index is 0.340. The minimum Gasteiger partial charge on any atom is -0.493 e. The molecule has 1 aromatic carbocycles. The predicted octanol–water partition coefficient (Wildman–Crippen LogP) is 7.73. The molecule has 0 bridgehead atoms. The Hall–Kier alpha value is -1.55. The Morgan fingerprint density at radius 2 is 1.49 bits per heavy atom. The molecule has 4 nitrogen and oxygen atoms in total. The number of quaternary nitrogens is 1. The maximum Gasteiger partial charge on any atom is 0.277 e. The number of benzene rings is 1. The lowest BCUT2D eigenvalue weighted by molar-refractivity contribution is -0.883. The number of nitrogens with zero attached hydrogens (tertiary/aromatic N) is 2. The number of rotatable bonds is 20. The van der Waals surface area contributed by atoms with Crippen molar-refractivity contribution in [2.24, 2.45) is 0 Å². The van der Waals surface area contributed by atoms with E-state index in [1.807, 2.05) is 0 Å². The van der Waals surface area contributed by atoms with Crippen LogP contribution in [0.4, 0.5) is 0 Å². The third-order valence-corrected chi connectivity index (χ3v) is 6.94. The minimum absolute atomic E-state index is 0.340. The van der Waals surface area contributed by atoms with E-state index in [9.17, 15) is 4.79 Å². The SMILES string of the molecule is CCCCCCN(CCCCCC)C(=O)C[N+](C)(C)CCCCCOc1cc(C)ccc1C(C)C. The molecule has 0 N–H and O–H groups in total. The molecule has 0 radical (unpaired) electrons. The van der Waals surface area contributed by atoms with Gasteiger partial charge in [-0.15, -0.1) is 0 Å². The van der Waals surface area contributed by atoms with Crippen molar-refractivity contribution in [2.75, 3.05) is 46.9 Å². The molecule has 0 atom stereocenters. The first-order valence-corrected chi connectivity index (χ1v) is 14.5. The topological polar surface area (TPSA) is 29.5 Å². The molecule has 1 rings (SSSR count). The Balaban J connectivity index is 2.42. The average molecular weight is 490 g/mol. The van der Waals surface area contributed by atoms with Gasteiger partial charge in [-0.05, 0) is 62.1 Å². The van der Waals surface area contributed by atoms with E-state index in [1.165, 1.54) is 49.7 Å². The van der Waals surface area contributed by atoms with Gasteiger partial charge < -0.3 is 14.1 Å². The summed E-state index contributed by atoms with van der Waals surface area (Å²) < 4.78 is 6.92. The lowest BCUT2D eigenvalue weighted by atomic mass is 10.0. The summed E-state index contributed by atoms with van der Waals surface area (Å²) in [5.41, 5.74) is 2.54. The Kier molecular flexibility index (Phi) is 16.0. The fourth-order valence-corrected chi connectivity index (χ4v) is 4.61. The Morgan fingerprint density at radius 3 is 2.06 bits per heavy atom. The van der Waals surface area contributed by atoms with Gasteiger partial charge in [0.15, 0.2) is 6.54 Å². The highest BCUT2D eigenvalue weighted by Gasteiger charge is 2.23. The van der Waals surface area contributed by atoms with Crippen molar-refractivity contribution in [3.05, 3.63) is 29.3 Å². The number of likely N-dealkylation sites (N-methyl/N-ethyl adjacent to an activating group) is 1. The van der Waals surface area contributed by atoms with Gasteiger partial charge in [0.2, 0.25) is 0 Å². The van der Waals surface area contributed by atoms with E-state index >= 15 is 0 Å². The second kappa shape index (κ2) is 17.8. The van der Waals surface area contributed by atoms with E-state index in [0.29, 0.717) is 18.4 Å². The van der Waals surface area contributed by atoms with E-state index in [0.717, 1.165) is 68.6 Å². The van der Waals surface area contributed by atoms with Crippen LogP contribution in [0, 0.1) is 6.92 Å².